The number of pyridine rings is 5. The molecular weight excluding hydrogens is 1000 g/mol. The van der Waals surface area contributed by atoms with Gasteiger partial charge in [-0.2, -0.15) is 0 Å². The van der Waals surface area contributed by atoms with Crippen LogP contribution in [0.25, 0.3) is 0 Å². The number of aromatic nitrogens is 5. The molecule has 5 aromatic rings. The average Bonchev–Trinajstić information content (AvgIpc) is 4.22. The molecule has 1 aliphatic carbocycles. The fraction of sp³-hybridized carbons (Fsp3) is 0.531. The maximum atomic E-state index is 12.3. The summed E-state index contributed by atoms with van der Waals surface area (Å²) in [5.74, 6) is -0.136. The van der Waals surface area contributed by atoms with Gasteiger partial charge in [-0.15, -0.1) is 0 Å². The number of nitrogens with one attached hydrogen (secondary N) is 4. The number of likely N-dealkylation sites (N-methyl/N-ethyl adjacent to an activating group) is 1. The minimum absolute atomic E-state index is 0.00420. The number of hydrogen-bond donors (Lipinski definition) is 4. The summed E-state index contributed by atoms with van der Waals surface area (Å²) in [6.07, 6.45) is 10.5. The minimum Gasteiger partial charge on any atom is -0.355 e. The molecule has 16 nitrogen and oxygen atoms in total. The van der Waals surface area contributed by atoms with Gasteiger partial charge in [0.05, 0.1) is 27.8 Å². The molecule has 1 saturated carbocycles. The lowest BCUT2D eigenvalue weighted by Gasteiger charge is -2.32. The maximum Gasteiger partial charge on any atom is 0.255 e. The van der Waals surface area contributed by atoms with Crippen molar-refractivity contribution in [1.82, 2.24) is 56.0 Å². The number of carbonyl (C=O) groups excluding carboxylic acids is 5. The fourth-order valence-electron chi connectivity index (χ4n) is 7.29. The Morgan fingerprint density at radius 3 is 1.06 bits per heavy atom. The highest BCUT2D eigenvalue weighted by molar-refractivity contribution is 5.96. The van der Waals surface area contributed by atoms with Crippen LogP contribution in [-0.2, 0) is 27.1 Å². The fourth-order valence-corrected chi connectivity index (χ4v) is 7.29. The monoisotopic (exact) mass is 1100 g/mol. The third-order valence-corrected chi connectivity index (χ3v) is 12.6. The topological polar surface area (TPSA) is 204 Å². The summed E-state index contributed by atoms with van der Waals surface area (Å²) in [5, 5.41) is 11.1. The van der Waals surface area contributed by atoms with Crippen LogP contribution in [-0.4, -0.2) is 123 Å². The van der Waals surface area contributed by atoms with Crippen molar-refractivity contribution >= 4 is 29.5 Å². The van der Waals surface area contributed by atoms with Gasteiger partial charge < -0.3 is 31.1 Å². The van der Waals surface area contributed by atoms with Gasteiger partial charge in [-0.25, -0.2) is 0 Å². The Labute approximate surface area is 479 Å². The van der Waals surface area contributed by atoms with Crippen LogP contribution in [0.1, 0.15) is 218 Å². The van der Waals surface area contributed by atoms with E-state index in [-0.39, 0.29) is 62.7 Å². The molecule has 1 aliphatic heterocycles. The van der Waals surface area contributed by atoms with Crippen molar-refractivity contribution in [2.75, 3.05) is 46.8 Å². The van der Waals surface area contributed by atoms with Crippen LogP contribution in [0.4, 0.5) is 0 Å². The Hall–Kier alpha value is -6.94. The number of nitrogens with zero attached hydrogens (tertiary/aromatic N) is 7. The third-order valence-electron chi connectivity index (χ3n) is 12.6. The van der Waals surface area contributed by atoms with Crippen LogP contribution < -0.4 is 21.3 Å². The molecular formula is C64H95N11O5. The molecule has 6 heterocycles. The lowest BCUT2D eigenvalue weighted by Crippen LogP contribution is -2.47. The van der Waals surface area contributed by atoms with Gasteiger partial charge >= 0.3 is 0 Å². The standard InChI is InChI=1S/C15H23N3O.C13H18N2O.C13H20N2O.C12H18N2O.C11H16N2O/c1-15(2,3)13-6-5-12(11-16-13)14(19)18-9-7-17(4)8-10-18;1-13(2,3)11-7-4-9(8-14-11)12(16)15-10-5-6-10;1-9(2)15-12(16)10-6-7-11(14-8-10)13(3,4)5;1-5-13-11(15)9-6-7-10(14-8-9)12(2,3)4;1-11(2,3)9-6-5-8(7-13-9)10(14)12-4/h5-6,11H,7-10H2,1-4H3;4,7-8,10H,5-6H2,1-3H3,(H,15,16);6-9H,1-5H3,(H,15,16);6-8H,5H2,1-4H3,(H,13,15);5-7H,1-4H3,(H,12,14). The lowest BCUT2D eigenvalue weighted by atomic mass is 9.91. The molecule has 5 amide bonds. The second kappa shape index (κ2) is 29.5. The van der Waals surface area contributed by atoms with E-state index in [0.717, 1.165) is 67.5 Å². The van der Waals surface area contributed by atoms with Crippen molar-refractivity contribution < 1.29 is 24.0 Å². The van der Waals surface area contributed by atoms with Crippen molar-refractivity contribution in [2.45, 2.75) is 177 Å². The summed E-state index contributed by atoms with van der Waals surface area (Å²) in [6.45, 7) is 41.5. The lowest BCUT2D eigenvalue weighted by molar-refractivity contribution is 0.0663. The quantitative estimate of drug-likeness (QED) is 0.115. The number of piperazine rings is 1. The van der Waals surface area contributed by atoms with Crippen LogP contribution in [0.5, 0.6) is 0 Å². The zero-order chi connectivity index (χ0) is 60.4. The van der Waals surface area contributed by atoms with E-state index in [1.807, 2.05) is 80.3 Å². The van der Waals surface area contributed by atoms with E-state index >= 15 is 0 Å². The Kier molecular flexibility index (Phi) is 24.8. The molecule has 0 bridgehead atoms. The largest absolute Gasteiger partial charge is 0.355 e. The normalized spacial score (nSPS) is 13.7. The van der Waals surface area contributed by atoms with E-state index < -0.39 is 0 Å². The molecule has 4 N–H and O–H groups in total. The first-order valence-corrected chi connectivity index (χ1v) is 28.0. The minimum atomic E-state index is -0.0991. The van der Waals surface area contributed by atoms with Gasteiger partial charge in [0.1, 0.15) is 0 Å². The number of hydrogen-bond acceptors (Lipinski definition) is 11. The van der Waals surface area contributed by atoms with Crippen molar-refractivity contribution in [3.63, 3.8) is 0 Å². The van der Waals surface area contributed by atoms with E-state index in [1.165, 1.54) is 0 Å². The average molecular weight is 1100 g/mol. The van der Waals surface area contributed by atoms with E-state index in [9.17, 15) is 24.0 Å². The first-order chi connectivity index (χ1) is 37.0. The van der Waals surface area contributed by atoms with Crippen LogP contribution in [0.3, 0.4) is 0 Å². The Morgan fingerprint density at radius 1 is 0.475 bits per heavy atom. The second-order valence-corrected chi connectivity index (χ2v) is 25.8. The molecule has 1 saturated heterocycles. The summed E-state index contributed by atoms with van der Waals surface area (Å²) in [7, 11) is 3.70. The molecule has 2 aliphatic rings. The predicted molar refractivity (Wildman–Crippen MR) is 323 cm³/mol. The molecule has 5 aromatic heterocycles. The molecule has 0 radical (unpaired) electrons. The van der Waals surface area contributed by atoms with Crippen LogP contribution >= 0.6 is 0 Å². The SMILES string of the molecule is CC(C)(C)c1ccc(C(=O)NC2CC2)cn1.CC(C)NC(=O)c1ccc(C(C)(C)C)nc1.CCNC(=O)c1ccc(C(C)(C)C)nc1.CN1CCN(C(=O)c2ccc(C(C)(C)C)nc2)CC1.CNC(=O)c1ccc(C(C)(C)C)nc1. The second-order valence-electron chi connectivity index (χ2n) is 25.8. The summed E-state index contributed by atoms with van der Waals surface area (Å²) in [5.41, 5.74) is 8.31. The Bertz CT molecular complexity index is 2660. The molecule has 0 aromatic carbocycles. The van der Waals surface area contributed by atoms with Crippen LogP contribution in [0, 0.1) is 0 Å². The van der Waals surface area contributed by atoms with Crippen molar-refractivity contribution in [1.29, 1.82) is 0 Å². The zero-order valence-corrected chi connectivity index (χ0v) is 51.9. The van der Waals surface area contributed by atoms with Crippen LogP contribution in [0.15, 0.2) is 91.6 Å². The number of amides is 5. The van der Waals surface area contributed by atoms with E-state index in [4.69, 9.17) is 0 Å². The molecule has 2 fully saturated rings. The maximum absolute atomic E-state index is 12.3. The van der Waals surface area contributed by atoms with E-state index in [1.54, 1.807) is 44.1 Å². The molecule has 0 atom stereocenters. The Morgan fingerprint density at radius 2 is 0.787 bits per heavy atom. The van der Waals surface area contributed by atoms with Gasteiger partial charge in [-0.1, -0.05) is 104 Å². The first-order valence-electron chi connectivity index (χ1n) is 28.0. The van der Waals surface area contributed by atoms with Gasteiger partial charge in [0.25, 0.3) is 29.5 Å². The first kappa shape index (κ1) is 67.3. The summed E-state index contributed by atoms with van der Waals surface area (Å²) >= 11 is 0. The van der Waals surface area contributed by atoms with Crippen LogP contribution in [0.2, 0.25) is 0 Å². The highest BCUT2D eigenvalue weighted by Crippen LogP contribution is 2.24. The highest BCUT2D eigenvalue weighted by Gasteiger charge is 2.25. The third kappa shape index (κ3) is 23.0. The molecule has 436 valence electrons. The molecule has 7 rings (SSSR count). The van der Waals surface area contributed by atoms with Gasteiger partial charge in [0.15, 0.2) is 0 Å². The molecule has 80 heavy (non-hydrogen) atoms. The van der Waals surface area contributed by atoms with Gasteiger partial charge in [0, 0.05) is 138 Å². The van der Waals surface area contributed by atoms with Gasteiger partial charge in [-0.05, 0) is 101 Å². The predicted octanol–water partition coefficient (Wildman–Crippen LogP) is 10.4. The molecule has 0 spiro atoms. The summed E-state index contributed by atoms with van der Waals surface area (Å²) in [4.78, 5) is 84.2. The summed E-state index contributed by atoms with van der Waals surface area (Å²) in [6, 6.07) is 19.3. The zero-order valence-electron chi connectivity index (χ0n) is 51.9. The smallest absolute Gasteiger partial charge is 0.255 e. The van der Waals surface area contributed by atoms with E-state index in [2.05, 4.69) is 162 Å². The van der Waals surface area contributed by atoms with E-state index in [0.29, 0.717) is 40.4 Å². The molecule has 16 heteroatoms. The summed E-state index contributed by atoms with van der Waals surface area (Å²) < 4.78 is 0. The van der Waals surface area contributed by atoms with Gasteiger partial charge in [0.2, 0.25) is 0 Å². The van der Waals surface area contributed by atoms with Crippen molar-refractivity contribution in [2.24, 2.45) is 0 Å². The highest BCUT2D eigenvalue weighted by atomic mass is 16.2. The number of carbonyl (C=O) groups is 5. The van der Waals surface area contributed by atoms with Gasteiger partial charge in [-0.3, -0.25) is 48.9 Å². The molecule has 0 unspecified atom stereocenters. The van der Waals surface area contributed by atoms with Crippen molar-refractivity contribution in [3.8, 4) is 0 Å². The van der Waals surface area contributed by atoms with Crippen molar-refractivity contribution in [3.05, 3.63) is 148 Å². The number of rotatable bonds is 8. The Balaban J connectivity index is 0.000000264.